The van der Waals surface area contributed by atoms with Crippen molar-refractivity contribution in [3.8, 4) is 0 Å². The number of hydrogen-bond donors (Lipinski definition) is 2. The van der Waals surface area contributed by atoms with E-state index in [9.17, 15) is 24.6 Å². The van der Waals surface area contributed by atoms with Crippen LogP contribution in [0, 0.1) is 0 Å². The molecule has 10 nitrogen and oxygen atoms in total. The molecule has 33 heavy (non-hydrogen) atoms. The molecule has 0 amide bonds. The molecule has 0 aliphatic carbocycles. The van der Waals surface area contributed by atoms with Gasteiger partial charge in [-0.25, -0.2) is 19.6 Å². The minimum absolute atomic E-state index is 0.0139. The highest BCUT2D eigenvalue weighted by atomic mass is 32.1. The number of carbonyl (C=O) groups excluding carboxylic acids is 3. The molecule has 0 saturated heterocycles. The van der Waals surface area contributed by atoms with Crippen LogP contribution in [-0.2, 0) is 19.0 Å². The lowest BCUT2D eigenvalue weighted by Gasteiger charge is -2.31. The Morgan fingerprint density at radius 1 is 1.09 bits per heavy atom. The molecule has 0 aromatic carbocycles. The number of hydrogen-bond acceptors (Lipinski definition) is 12. The summed E-state index contributed by atoms with van der Waals surface area (Å²) in [6, 6.07) is 0. The third-order valence-corrected chi connectivity index (χ3v) is 5.98. The van der Waals surface area contributed by atoms with E-state index < -0.39 is 41.3 Å². The molecule has 2 aromatic rings. The highest BCUT2D eigenvalue weighted by Gasteiger charge is 2.41. The first-order valence-electron chi connectivity index (χ1n) is 9.76. The first kappa shape index (κ1) is 26.6. The second-order valence-corrected chi connectivity index (χ2v) is 9.85. The van der Waals surface area contributed by atoms with E-state index in [-0.39, 0.29) is 28.0 Å². The molecule has 0 fully saturated rings. The summed E-state index contributed by atoms with van der Waals surface area (Å²) >= 11 is 2.03. The van der Waals surface area contributed by atoms with E-state index in [2.05, 4.69) is 16.5 Å². The second kappa shape index (κ2) is 10.5. The predicted octanol–water partition coefficient (Wildman–Crippen LogP) is 2.99. The zero-order chi connectivity index (χ0) is 25.0. The van der Waals surface area contributed by atoms with Gasteiger partial charge in [0.15, 0.2) is 23.1 Å². The van der Waals surface area contributed by atoms with E-state index in [4.69, 9.17) is 14.2 Å². The normalized spacial score (nSPS) is 13.7. The van der Waals surface area contributed by atoms with Gasteiger partial charge in [0.25, 0.3) is 0 Å². The Morgan fingerprint density at radius 3 is 2.18 bits per heavy atom. The molecule has 12 heteroatoms. The molecule has 0 radical (unpaired) electrons. The van der Waals surface area contributed by atoms with Crippen LogP contribution in [0.4, 0.5) is 0 Å². The molecule has 0 bridgehead atoms. The summed E-state index contributed by atoms with van der Waals surface area (Å²) in [6.45, 7) is 10.6. The molecule has 2 rings (SSSR count). The summed E-state index contributed by atoms with van der Waals surface area (Å²) in [7, 11) is 0. The van der Waals surface area contributed by atoms with E-state index in [1.165, 1.54) is 51.5 Å². The summed E-state index contributed by atoms with van der Waals surface area (Å²) in [5.74, 6) is -2.14. The molecule has 2 N–H and O–H groups in total. The van der Waals surface area contributed by atoms with Gasteiger partial charge in [-0.15, -0.1) is 22.7 Å². The average Bonchev–Trinajstić information content (AvgIpc) is 3.38. The van der Waals surface area contributed by atoms with Gasteiger partial charge in [0.2, 0.25) is 0 Å². The number of thiazole rings is 2. The van der Waals surface area contributed by atoms with Crippen molar-refractivity contribution in [3.05, 3.63) is 44.8 Å². The number of aromatic nitrogens is 2. The second-order valence-electron chi connectivity index (χ2n) is 8.07. The van der Waals surface area contributed by atoms with Crippen LogP contribution < -0.4 is 0 Å². The molecule has 0 spiro atoms. The summed E-state index contributed by atoms with van der Waals surface area (Å²) in [6.07, 6.45) is -0.995. The number of nitrogens with zero attached hydrogens (tertiary/aromatic N) is 2. The summed E-state index contributed by atoms with van der Waals surface area (Å²) < 4.78 is 15.9. The smallest absolute Gasteiger partial charge is 0.358 e. The van der Waals surface area contributed by atoms with Crippen molar-refractivity contribution < 1.29 is 38.8 Å². The van der Waals surface area contributed by atoms with Crippen molar-refractivity contribution in [1.82, 2.24) is 9.97 Å². The number of aliphatic hydroxyl groups excluding tert-OH is 1. The lowest BCUT2D eigenvalue weighted by molar-refractivity contribution is -0.161. The van der Waals surface area contributed by atoms with Crippen LogP contribution in [0.5, 0.6) is 0 Å². The Labute approximate surface area is 198 Å². The summed E-state index contributed by atoms with van der Waals surface area (Å²) in [5, 5.41) is 23.3. The van der Waals surface area contributed by atoms with E-state index in [1.54, 1.807) is 0 Å². The van der Waals surface area contributed by atoms with E-state index >= 15 is 0 Å². The van der Waals surface area contributed by atoms with Crippen molar-refractivity contribution in [2.75, 3.05) is 6.61 Å². The maximum absolute atomic E-state index is 12.7. The Bertz CT molecular complexity index is 1020. The fourth-order valence-electron chi connectivity index (χ4n) is 2.52. The van der Waals surface area contributed by atoms with Gasteiger partial charge >= 0.3 is 17.9 Å². The Morgan fingerprint density at radius 2 is 1.64 bits per heavy atom. The number of aliphatic hydroxyl groups is 2. The SMILES string of the molecule is C=CCOC(=O)c1csc([C@@H](OC(C)=O)C(C)(C)OC(=O)c2csc([C@@H](O)C(C)(C)O)n2)n1. The van der Waals surface area contributed by atoms with Crippen LogP contribution in [0.1, 0.15) is 77.8 Å². The lowest BCUT2D eigenvalue weighted by Crippen LogP contribution is -2.37. The third kappa shape index (κ3) is 6.90. The minimum atomic E-state index is -1.45. The monoisotopic (exact) mass is 498 g/mol. The van der Waals surface area contributed by atoms with Crippen LogP contribution in [0.3, 0.4) is 0 Å². The summed E-state index contributed by atoms with van der Waals surface area (Å²) in [4.78, 5) is 44.7. The molecule has 2 aromatic heterocycles. The van der Waals surface area contributed by atoms with E-state index in [0.717, 1.165) is 22.7 Å². The molecule has 0 saturated carbocycles. The van der Waals surface area contributed by atoms with Gasteiger partial charge in [-0.2, -0.15) is 0 Å². The maximum Gasteiger partial charge on any atom is 0.358 e. The van der Waals surface area contributed by atoms with Gasteiger partial charge in [0.05, 0.1) is 5.60 Å². The first-order valence-corrected chi connectivity index (χ1v) is 11.5. The van der Waals surface area contributed by atoms with Crippen molar-refractivity contribution in [2.45, 2.75) is 58.0 Å². The lowest BCUT2D eigenvalue weighted by atomic mass is 10.0. The molecule has 0 unspecified atom stereocenters. The minimum Gasteiger partial charge on any atom is -0.457 e. The average molecular weight is 499 g/mol. The number of carbonyl (C=O) groups is 3. The largest absolute Gasteiger partial charge is 0.457 e. The van der Waals surface area contributed by atoms with E-state index in [1.807, 2.05) is 0 Å². The first-order chi connectivity index (χ1) is 15.3. The van der Waals surface area contributed by atoms with Crippen LogP contribution in [0.2, 0.25) is 0 Å². The number of esters is 3. The van der Waals surface area contributed by atoms with Crippen LogP contribution in [-0.4, -0.2) is 55.9 Å². The molecular formula is C21H26N2O8S2. The fraction of sp³-hybridized carbons (Fsp3) is 0.476. The Hall–Kier alpha value is -2.67. The van der Waals surface area contributed by atoms with Crippen LogP contribution in [0.15, 0.2) is 23.4 Å². The quantitative estimate of drug-likeness (QED) is 0.285. The van der Waals surface area contributed by atoms with Crippen molar-refractivity contribution in [3.63, 3.8) is 0 Å². The maximum atomic E-state index is 12.7. The molecule has 2 heterocycles. The summed E-state index contributed by atoms with van der Waals surface area (Å²) in [5.41, 5.74) is -2.92. The Kier molecular flexibility index (Phi) is 8.46. The molecule has 180 valence electrons. The fourth-order valence-corrected chi connectivity index (χ4v) is 4.46. The topological polar surface area (TPSA) is 145 Å². The zero-order valence-corrected chi connectivity index (χ0v) is 20.5. The van der Waals surface area contributed by atoms with Gasteiger partial charge in [-0.05, 0) is 27.7 Å². The van der Waals surface area contributed by atoms with Crippen molar-refractivity contribution in [2.24, 2.45) is 0 Å². The number of ether oxygens (including phenoxy) is 3. The van der Waals surface area contributed by atoms with Crippen LogP contribution in [0.25, 0.3) is 0 Å². The van der Waals surface area contributed by atoms with Gasteiger partial charge in [0.1, 0.15) is 22.7 Å². The number of rotatable bonds is 10. The van der Waals surface area contributed by atoms with Crippen molar-refractivity contribution in [1.29, 1.82) is 0 Å². The van der Waals surface area contributed by atoms with Crippen LogP contribution >= 0.6 is 22.7 Å². The predicted molar refractivity (Wildman–Crippen MR) is 120 cm³/mol. The van der Waals surface area contributed by atoms with Gasteiger partial charge in [-0.3, -0.25) is 4.79 Å². The molecule has 2 atom stereocenters. The van der Waals surface area contributed by atoms with Gasteiger partial charge in [0, 0.05) is 17.7 Å². The molecule has 0 aliphatic rings. The highest BCUT2D eigenvalue weighted by molar-refractivity contribution is 7.10. The van der Waals surface area contributed by atoms with Crippen molar-refractivity contribution >= 4 is 40.6 Å². The van der Waals surface area contributed by atoms with E-state index in [0.29, 0.717) is 0 Å². The third-order valence-electron chi connectivity index (χ3n) is 4.19. The zero-order valence-electron chi connectivity index (χ0n) is 18.9. The highest BCUT2D eigenvalue weighted by Crippen LogP contribution is 2.36. The van der Waals surface area contributed by atoms with Gasteiger partial charge < -0.3 is 24.4 Å². The molecule has 0 aliphatic heterocycles. The standard InChI is InChI=1S/C21H26N2O8S2/c1-7-8-29-18(26)12-9-33-17(23-12)15(30-11(2)24)21(5,6)31-19(27)13-10-32-16(22-13)14(25)20(3,4)28/h7,9-10,14-15,25,28H,1,8H2,2-6H3/t14-,15-/m1/s1. The Balaban J connectivity index is 2.25. The molecular weight excluding hydrogens is 472 g/mol. The van der Waals surface area contributed by atoms with Gasteiger partial charge in [-0.1, -0.05) is 12.7 Å².